The smallest absolute Gasteiger partial charge is 0.116 e. The van der Waals surface area contributed by atoms with E-state index in [-0.39, 0.29) is 0 Å². The molecule has 3 aromatic heterocycles. The van der Waals surface area contributed by atoms with Crippen LogP contribution in [-0.4, -0.2) is 45.7 Å². The third-order valence-electron chi connectivity index (χ3n) is 6.73. The Morgan fingerprint density at radius 1 is 1.16 bits per heavy atom. The van der Waals surface area contributed by atoms with Gasteiger partial charge in [0, 0.05) is 34.1 Å². The molecule has 0 amide bonds. The van der Waals surface area contributed by atoms with Crippen molar-refractivity contribution in [3.8, 4) is 22.5 Å². The van der Waals surface area contributed by atoms with Crippen LogP contribution in [0.5, 0.6) is 0 Å². The van der Waals surface area contributed by atoms with Crippen molar-refractivity contribution in [2.75, 3.05) is 20.6 Å². The first kappa shape index (κ1) is 26.8. The van der Waals surface area contributed by atoms with Crippen molar-refractivity contribution in [2.24, 2.45) is 0 Å². The molecule has 5 heteroatoms. The molecule has 2 N–H and O–H groups in total. The molecule has 0 aliphatic rings. The highest BCUT2D eigenvalue weighted by Crippen LogP contribution is 2.30. The minimum Gasteiger partial charge on any atom is -0.353 e. The van der Waals surface area contributed by atoms with Crippen LogP contribution >= 0.6 is 0 Å². The fraction of sp³-hybridized carbons (Fsp3) is 0.212. The van der Waals surface area contributed by atoms with Crippen LogP contribution in [0.3, 0.4) is 0 Å². The van der Waals surface area contributed by atoms with Gasteiger partial charge >= 0.3 is 0 Å². The lowest BCUT2D eigenvalue weighted by molar-refractivity contribution is 0.400. The van der Waals surface area contributed by atoms with E-state index in [2.05, 4.69) is 121 Å². The summed E-state index contributed by atoms with van der Waals surface area (Å²) >= 11 is 0. The van der Waals surface area contributed by atoms with Gasteiger partial charge in [-0.1, -0.05) is 55.7 Å². The molecule has 1 aromatic carbocycles. The van der Waals surface area contributed by atoms with Crippen LogP contribution in [0.25, 0.3) is 46.1 Å². The second-order valence-electron chi connectivity index (χ2n) is 9.75. The number of H-pyrrole nitrogens is 2. The van der Waals surface area contributed by atoms with Gasteiger partial charge in [-0.05, 0) is 93.9 Å². The highest BCUT2D eigenvalue weighted by Gasteiger charge is 2.11. The molecule has 0 bridgehead atoms. The summed E-state index contributed by atoms with van der Waals surface area (Å²) < 4.78 is 0. The molecule has 0 fully saturated rings. The molecule has 0 aliphatic carbocycles. The summed E-state index contributed by atoms with van der Waals surface area (Å²) in [6, 6.07) is 12.4. The van der Waals surface area contributed by atoms with Gasteiger partial charge in [0.25, 0.3) is 0 Å². The minimum atomic E-state index is 0.816. The van der Waals surface area contributed by atoms with E-state index in [1.54, 1.807) is 6.20 Å². The quantitative estimate of drug-likeness (QED) is 0.255. The number of hydrogen-bond acceptors (Lipinski definition) is 3. The van der Waals surface area contributed by atoms with Crippen LogP contribution < -0.4 is 10.6 Å². The van der Waals surface area contributed by atoms with Crippen molar-refractivity contribution in [2.45, 2.75) is 26.7 Å². The molecule has 194 valence electrons. The van der Waals surface area contributed by atoms with Gasteiger partial charge in [-0.15, -0.1) is 0 Å². The van der Waals surface area contributed by atoms with Crippen LogP contribution in [0.1, 0.15) is 26.7 Å². The first-order valence-corrected chi connectivity index (χ1v) is 13.0. The number of rotatable bonds is 10. The molecular formula is C33H37N5. The van der Waals surface area contributed by atoms with E-state index in [1.165, 1.54) is 16.7 Å². The van der Waals surface area contributed by atoms with Crippen molar-refractivity contribution >= 4 is 23.6 Å². The number of pyridine rings is 1. The van der Waals surface area contributed by atoms with Gasteiger partial charge in [-0.25, -0.2) is 0 Å². The van der Waals surface area contributed by atoms with Gasteiger partial charge in [0.1, 0.15) is 5.69 Å². The van der Waals surface area contributed by atoms with Crippen LogP contribution in [-0.2, 0) is 0 Å². The first-order valence-electron chi connectivity index (χ1n) is 13.0. The van der Waals surface area contributed by atoms with Gasteiger partial charge in [0.15, 0.2) is 0 Å². The molecular weight excluding hydrogens is 466 g/mol. The minimum absolute atomic E-state index is 0.816. The van der Waals surface area contributed by atoms with E-state index >= 15 is 0 Å². The monoisotopic (exact) mass is 503 g/mol. The van der Waals surface area contributed by atoms with E-state index in [4.69, 9.17) is 0 Å². The third kappa shape index (κ3) is 6.18. The second kappa shape index (κ2) is 12.3. The molecule has 0 aliphatic heterocycles. The van der Waals surface area contributed by atoms with E-state index < -0.39 is 0 Å². The second-order valence-corrected chi connectivity index (χ2v) is 9.75. The molecule has 5 nitrogen and oxygen atoms in total. The molecule has 0 unspecified atom stereocenters. The predicted molar refractivity (Wildman–Crippen MR) is 162 cm³/mol. The van der Waals surface area contributed by atoms with Crippen LogP contribution in [0, 0.1) is 0 Å². The van der Waals surface area contributed by atoms with Gasteiger partial charge in [-0.2, -0.15) is 5.10 Å². The fourth-order valence-electron chi connectivity index (χ4n) is 4.56. The third-order valence-corrected chi connectivity index (χ3v) is 6.73. The molecule has 0 radical (unpaired) electrons. The number of nitrogens with one attached hydrogen (secondary N) is 2. The highest BCUT2D eigenvalue weighted by molar-refractivity contribution is 5.97. The summed E-state index contributed by atoms with van der Waals surface area (Å²) in [5, 5.41) is 10.6. The Kier molecular flexibility index (Phi) is 8.72. The molecule has 0 saturated carbocycles. The Morgan fingerprint density at radius 2 is 2.00 bits per heavy atom. The van der Waals surface area contributed by atoms with E-state index in [9.17, 15) is 0 Å². The van der Waals surface area contributed by atoms with Crippen molar-refractivity contribution in [1.29, 1.82) is 0 Å². The van der Waals surface area contributed by atoms with Crippen LogP contribution in [0.4, 0.5) is 0 Å². The van der Waals surface area contributed by atoms with Gasteiger partial charge in [0.05, 0.1) is 11.0 Å². The highest BCUT2D eigenvalue weighted by atomic mass is 15.1. The zero-order chi connectivity index (χ0) is 27.1. The van der Waals surface area contributed by atoms with Crippen molar-refractivity contribution < 1.29 is 0 Å². The van der Waals surface area contributed by atoms with Crippen LogP contribution in [0.2, 0.25) is 0 Å². The normalized spacial score (nSPS) is 13.6. The standard InChI is InChI=1S/C33H37N5/c1-7-25(12-11-19-38(5)6)20-26(8-2)23(3)16-17-30-24(4)33(37-36-30)32-21-29-28(14-9-15-31(29)35-32)27-13-10-18-34-22-27/h7-10,13-18,20-22,35-36H,1,4,11-12,19H2,2-3,5-6H3/b23-16+,25-20+,26-8+,30-17+. The molecule has 4 rings (SSSR count). The Morgan fingerprint density at radius 3 is 2.71 bits per heavy atom. The fourth-order valence-corrected chi connectivity index (χ4v) is 4.56. The summed E-state index contributed by atoms with van der Waals surface area (Å²) in [7, 11) is 4.21. The van der Waals surface area contributed by atoms with Gasteiger partial charge < -0.3 is 9.88 Å². The Bertz CT molecular complexity index is 1610. The lowest BCUT2D eigenvalue weighted by atomic mass is 10.0. The molecule has 38 heavy (non-hydrogen) atoms. The van der Waals surface area contributed by atoms with Crippen molar-refractivity contribution in [1.82, 2.24) is 25.1 Å². The SMILES string of the molecule is C=C\C(=C/C(=C\C)C(/C)=C/C=c1/[nH]nc(-c2cc3c(-c4cccnc4)cccc3[nH]2)c1=C)CCCN(C)C. The number of aromatic amines is 2. The van der Waals surface area contributed by atoms with Gasteiger partial charge in [-0.3, -0.25) is 10.1 Å². The summed E-state index contributed by atoms with van der Waals surface area (Å²) in [6.07, 6.45) is 16.3. The Labute approximate surface area is 225 Å². The van der Waals surface area contributed by atoms with E-state index in [1.807, 2.05) is 18.3 Å². The summed E-state index contributed by atoms with van der Waals surface area (Å²) in [4.78, 5) is 10.0. The Balaban J connectivity index is 1.61. The largest absolute Gasteiger partial charge is 0.353 e. The van der Waals surface area contributed by atoms with E-state index in [0.717, 1.165) is 63.4 Å². The number of aromatic nitrogens is 4. The lowest BCUT2D eigenvalue weighted by Gasteiger charge is -2.10. The zero-order valence-electron chi connectivity index (χ0n) is 22.9. The molecule has 0 spiro atoms. The van der Waals surface area contributed by atoms with Crippen molar-refractivity contribution in [3.63, 3.8) is 0 Å². The number of nitrogens with zero attached hydrogens (tertiary/aromatic N) is 3. The summed E-state index contributed by atoms with van der Waals surface area (Å²) in [5.74, 6) is 0. The average Bonchev–Trinajstić information content (AvgIpc) is 3.52. The predicted octanol–water partition coefficient (Wildman–Crippen LogP) is 6.16. The molecule has 0 atom stereocenters. The number of hydrogen-bond donors (Lipinski definition) is 2. The number of benzene rings is 1. The molecule has 4 aromatic rings. The molecule has 0 saturated heterocycles. The van der Waals surface area contributed by atoms with Gasteiger partial charge in [0.2, 0.25) is 0 Å². The van der Waals surface area contributed by atoms with Crippen molar-refractivity contribution in [3.05, 3.63) is 107 Å². The Hall–Kier alpha value is -4.22. The maximum absolute atomic E-state index is 4.60. The number of fused-ring (bicyclic) bond motifs is 1. The first-order chi connectivity index (χ1) is 18.4. The summed E-state index contributed by atoms with van der Waals surface area (Å²) in [6.45, 7) is 13.6. The maximum atomic E-state index is 4.60. The lowest BCUT2D eigenvalue weighted by Crippen LogP contribution is -2.21. The summed E-state index contributed by atoms with van der Waals surface area (Å²) in [5.41, 5.74) is 8.63. The molecule has 3 heterocycles. The van der Waals surface area contributed by atoms with Crippen LogP contribution in [0.15, 0.2) is 96.4 Å². The average molecular weight is 504 g/mol. The zero-order valence-corrected chi connectivity index (χ0v) is 22.9. The van der Waals surface area contributed by atoms with E-state index in [0.29, 0.717) is 0 Å². The number of allylic oxidation sites excluding steroid dienone is 7. The topological polar surface area (TPSA) is 60.6 Å². The maximum Gasteiger partial charge on any atom is 0.116 e.